The number of nitrogens with one attached hydrogen (secondary N) is 3. The number of piperidine rings is 1. The maximum Gasteiger partial charge on any atom is 0.262 e. The van der Waals surface area contributed by atoms with Gasteiger partial charge in [0.05, 0.1) is 11.1 Å². The number of benzene rings is 1. The smallest absolute Gasteiger partial charge is 0.262 e. The number of anilines is 1. The van der Waals surface area contributed by atoms with Crippen LogP contribution in [0, 0.1) is 0 Å². The molecule has 3 aliphatic heterocycles. The second-order valence-corrected chi connectivity index (χ2v) is 7.22. The molecule has 1 aromatic rings. The lowest BCUT2D eigenvalue weighted by Crippen LogP contribution is -2.54. The van der Waals surface area contributed by atoms with Gasteiger partial charge in [-0.05, 0) is 50.4 Å². The summed E-state index contributed by atoms with van der Waals surface area (Å²) >= 11 is 0. The van der Waals surface area contributed by atoms with Crippen molar-refractivity contribution < 1.29 is 19.2 Å². The Bertz CT molecular complexity index is 816. The Morgan fingerprint density at radius 3 is 2.63 bits per heavy atom. The van der Waals surface area contributed by atoms with E-state index < -0.39 is 23.8 Å². The molecule has 8 nitrogen and oxygen atoms in total. The number of rotatable bonds is 5. The minimum Gasteiger partial charge on any atom is -0.385 e. The van der Waals surface area contributed by atoms with E-state index in [1.54, 1.807) is 18.2 Å². The molecule has 0 aliphatic carbocycles. The van der Waals surface area contributed by atoms with Gasteiger partial charge in [0.25, 0.3) is 11.8 Å². The number of nitrogens with zero attached hydrogens (tertiary/aromatic N) is 1. The van der Waals surface area contributed by atoms with Crippen molar-refractivity contribution in [3.63, 3.8) is 0 Å². The zero-order valence-corrected chi connectivity index (χ0v) is 14.9. The Morgan fingerprint density at radius 2 is 1.89 bits per heavy atom. The van der Waals surface area contributed by atoms with Gasteiger partial charge in [0, 0.05) is 24.7 Å². The summed E-state index contributed by atoms with van der Waals surface area (Å²) in [7, 11) is 0. The summed E-state index contributed by atoms with van der Waals surface area (Å²) in [6, 6.07) is 4.67. The van der Waals surface area contributed by atoms with Crippen molar-refractivity contribution in [2.45, 2.75) is 44.2 Å². The Hall–Kier alpha value is -2.74. The predicted molar refractivity (Wildman–Crippen MR) is 97.2 cm³/mol. The highest BCUT2D eigenvalue weighted by Crippen LogP contribution is 2.29. The fourth-order valence-corrected chi connectivity index (χ4v) is 3.97. The topological polar surface area (TPSA) is 108 Å². The molecule has 0 bridgehead atoms. The molecule has 2 atom stereocenters. The third kappa shape index (κ3) is 3.32. The SMILES string of the molecule is O=C1CCC(N2C(=O)c3ccc(NCC[C@@H]4CCCN4)cc3C2=O)C(=O)N1. The molecule has 142 valence electrons. The van der Waals surface area contributed by atoms with Crippen LogP contribution < -0.4 is 16.0 Å². The van der Waals surface area contributed by atoms with E-state index in [0.29, 0.717) is 17.2 Å². The van der Waals surface area contributed by atoms with Gasteiger partial charge in [0.15, 0.2) is 0 Å². The second-order valence-electron chi connectivity index (χ2n) is 7.22. The molecule has 4 amide bonds. The first kappa shape index (κ1) is 17.7. The molecule has 8 heteroatoms. The minimum absolute atomic E-state index is 0.117. The van der Waals surface area contributed by atoms with Crippen LogP contribution in [0.2, 0.25) is 0 Å². The Labute approximate surface area is 156 Å². The van der Waals surface area contributed by atoms with Crippen LogP contribution in [0.15, 0.2) is 18.2 Å². The van der Waals surface area contributed by atoms with Crippen LogP contribution >= 0.6 is 0 Å². The number of carbonyl (C=O) groups excluding carboxylic acids is 4. The summed E-state index contributed by atoms with van der Waals surface area (Å²) in [5.74, 6) is -1.93. The van der Waals surface area contributed by atoms with E-state index in [-0.39, 0.29) is 18.7 Å². The third-order valence-corrected chi connectivity index (χ3v) is 5.42. The minimum atomic E-state index is -0.931. The number of carbonyl (C=O) groups is 4. The summed E-state index contributed by atoms with van der Waals surface area (Å²) < 4.78 is 0. The van der Waals surface area contributed by atoms with Crippen molar-refractivity contribution in [1.82, 2.24) is 15.5 Å². The van der Waals surface area contributed by atoms with Crippen molar-refractivity contribution >= 4 is 29.3 Å². The van der Waals surface area contributed by atoms with E-state index in [9.17, 15) is 19.2 Å². The van der Waals surface area contributed by atoms with E-state index in [1.165, 1.54) is 12.8 Å². The van der Waals surface area contributed by atoms with E-state index >= 15 is 0 Å². The third-order valence-electron chi connectivity index (χ3n) is 5.42. The number of hydrogen-bond donors (Lipinski definition) is 3. The standard InChI is InChI=1S/C19H22N4O4/c24-16-6-5-15(17(25)22-16)23-18(26)13-4-3-12(10-14(13)19(23)27)21-9-7-11-2-1-8-20-11/h3-4,10-11,15,20-21H,1-2,5-9H2,(H,22,24,25)/t11-,15?/m0/s1. The van der Waals surface area contributed by atoms with E-state index in [1.807, 2.05) is 0 Å². The average Bonchev–Trinajstić information content (AvgIpc) is 3.24. The fourth-order valence-electron chi connectivity index (χ4n) is 3.97. The number of hydrogen-bond acceptors (Lipinski definition) is 6. The lowest BCUT2D eigenvalue weighted by atomic mass is 10.0. The molecule has 1 unspecified atom stereocenters. The molecule has 0 aromatic heterocycles. The normalized spacial score (nSPS) is 25.0. The molecule has 3 heterocycles. The van der Waals surface area contributed by atoms with Crippen LogP contribution in [0.1, 0.15) is 52.8 Å². The van der Waals surface area contributed by atoms with E-state index in [4.69, 9.17) is 0 Å². The molecular weight excluding hydrogens is 348 g/mol. The van der Waals surface area contributed by atoms with Gasteiger partial charge in [0.1, 0.15) is 6.04 Å². The first-order valence-electron chi connectivity index (χ1n) is 9.37. The highest BCUT2D eigenvalue weighted by Gasteiger charge is 2.44. The summed E-state index contributed by atoms with van der Waals surface area (Å²) in [5, 5.41) is 8.94. The van der Waals surface area contributed by atoms with Gasteiger partial charge in [-0.15, -0.1) is 0 Å². The molecule has 27 heavy (non-hydrogen) atoms. The van der Waals surface area contributed by atoms with Crippen molar-refractivity contribution in [3.05, 3.63) is 29.3 Å². The Morgan fingerprint density at radius 1 is 1.07 bits per heavy atom. The number of imide groups is 2. The lowest BCUT2D eigenvalue weighted by molar-refractivity contribution is -0.136. The summed E-state index contributed by atoms with van der Waals surface area (Å²) in [4.78, 5) is 49.8. The van der Waals surface area contributed by atoms with Gasteiger partial charge in [-0.2, -0.15) is 0 Å². The van der Waals surface area contributed by atoms with Crippen molar-refractivity contribution in [2.24, 2.45) is 0 Å². The summed E-state index contributed by atoms with van der Waals surface area (Å²) in [6.45, 7) is 1.84. The van der Waals surface area contributed by atoms with Gasteiger partial charge >= 0.3 is 0 Å². The second kappa shape index (κ2) is 7.11. The van der Waals surface area contributed by atoms with Crippen molar-refractivity contribution in [2.75, 3.05) is 18.4 Å². The Kier molecular flexibility index (Phi) is 4.65. The first-order chi connectivity index (χ1) is 13.0. The van der Waals surface area contributed by atoms with Crippen LogP contribution in [-0.4, -0.2) is 53.7 Å². The van der Waals surface area contributed by atoms with Gasteiger partial charge < -0.3 is 10.6 Å². The van der Waals surface area contributed by atoms with Crippen LogP contribution in [0.25, 0.3) is 0 Å². The van der Waals surface area contributed by atoms with Crippen LogP contribution in [0.4, 0.5) is 5.69 Å². The summed E-state index contributed by atoms with van der Waals surface area (Å²) in [6.07, 6.45) is 3.66. The van der Waals surface area contributed by atoms with E-state index in [2.05, 4.69) is 16.0 Å². The predicted octanol–water partition coefficient (Wildman–Crippen LogP) is 0.642. The zero-order chi connectivity index (χ0) is 19.0. The Balaban J connectivity index is 1.46. The van der Waals surface area contributed by atoms with Crippen LogP contribution in [0.3, 0.4) is 0 Å². The highest BCUT2D eigenvalue weighted by molar-refractivity contribution is 6.23. The van der Waals surface area contributed by atoms with Gasteiger partial charge in [-0.3, -0.25) is 29.4 Å². The van der Waals surface area contributed by atoms with Crippen molar-refractivity contribution in [3.8, 4) is 0 Å². The molecule has 2 saturated heterocycles. The van der Waals surface area contributed by atoms with Crippen LogP contribution in [0.5, 0.6) is 0 Å². The maximum atomic E-state index is 12.8. The number of fused-ring (bicyclic) bond motifs is 1. The molecule has 2 fully saturated rings. The molecular formula is C19H22N4O4. The fraction of sp³-hybridized carbons (Fsp3) is 0.474. The number of amides is 4. The average molecular weight is 370 g/mol. The monoisotopic (exact) mass is 370 g/mol. The van der Waals surface area contributed by atoms with Crippen LogP contribution in [-0.2, 0) is 9.59 Å². The largest absolute Gasteiger partial charge is 0.385 e. The highest BCUT2D eigenvalue weighted by atomic mass is 16.2. The quantitative estimate of drug-likeness (QED) is 0.657. The molecule has 0 radical (unpaired) electrons. The first-order valence-corrected chi connectivity index (χ1v) is 9.37. The van der Waals surface area contributed by atoms with Gasteiger partial charge in [0.2, 0.25) is 11.8 Å². The lowest BCUT2D eigenvalue weighted by Gasteiger charge is -2.27. The van der Waals surface area contributed by atoms with E-state index in [0.717, 1.165) is 30.1 Å². The maximum absolute atomic E-state index is 12.8. The van der Waals surface area contributed by atoms with Crippen molar-refractivity contribution in [1.29, 1.82) is 0 Å². The molecule has 1 aromatic carbocycles. The summed E-state index contributed by atoms with van der Waals surface area (Å²) in [5.41, 5.74) is 1.37. The molecule has 3 aliphatic rings. The molecule has 0 spiro atoms. The van der Waals surface area contributed by atoms with Gasteiger partial charge in [-0.25, -0.2) is 0 Å². The van der Waals surface area contributed by atoms with Gasteiger partial charge in [-0.1, -0.05) is 0 Å². The molecule has 4 rings (SSSR count). The zero-order valence-electron chi connectivity index (χ0n) is 14.9. The molecule has 3 N–H and O–H groups in total. The molecule has 0 saturated carbocycles.